The van der Waals surface area contributed by atoms with E-state index in [-0.39, 0.29) is 59.4 Å². The van der Waals surface area contributed by atoms with Gasteiger partial charge in [0, 0.05) is 61.8 Å². The van der Waals surface area contributed by atoms with Crippen LogP contribution in [0.3, 0.4) is 0 Å². The molecule has 0 radical (unpaired) electrons. The Bertz CT molecular complexity index is 2060. The topological polar surface area (TPSA) is 198 Å². The number of nitro benzene ring substituents is 2. The fourth-order valence-electron chi connectivity index (χ4n) is 6.64. The number of carbonyl (C=O) groups excluding carboxylic acids is 2. The Kier molecular flexibility index (Phi) is 22.2. The van der Waals surface area contributed by atoms with Gasteiger partial charge in [-0.05, 0) is 87.5 Å². The van der Waals surface area contributed by atoms with Gasteiger partial charge in [0.1, 0.15) is 24.6 Å². The van der Waals surface area contributed by atoms with Crippen molar-refractivity contribution in [1.29, 1.82) is 0 Å². The van der Waals surface area contributed by atoms with E-state index in [2.05, 4.69) is 42.1 Å². The number of benzene rings is 4. The second kappa shape index (κ2) is 28.0. The van der Waals surface area contributed by atoms with Gasteiger partial charge >= 0.3 is 11.9 Å². The minimum Gasteiger partial charge on any atom is -0.464 e. The van der Waals surface area contributed by atoms with Gasteiger partial charge in [-0.25, -0.2) is 0 Å². The first-order valence-corrected chi connectivity index (χ1v) is 22.6. The smallest absolute Gasteiger partial charge is 0.307 e. The van der Waals surface area contributed by atoms with E-state index in [1.165, 1.54) is 55.7 Å². The predicted molar refractivity (Wildman–Crippen MR) is 254 cm³/mol. The Morgan fingerprint density at radius 2 is 0.969 bits per heavy atom. The molecule has 4 aromatic carbocycles. The van der Waals surface area contributed by atoms with Crippen LogP contribution in [0.15, 0.2) is 105 Å². The molecule has 0 fully saturated rings. The number of rotatable bonds is 29. The van der Waals surface area contributed by atoms with Crippen molar-refractivity contribution in [3.8, 4) is 0 Å². The third-order valence-electron chi connectivity index (χ3n) is 10.4. The molecule has 19 heteroatoms. The molecule has 0 aliphatic carbocycles. The first kappa shape index (κ1) is 51.6. The Hall–Kier alpha value is -6.04. The van der Waals surface area contributed by atoms with E-state index < -0.39 is 9.85 Å². The molecule has 65 heavy (non-hydrogen) atoms. The monoisotopic (exact) mass is 933 g/mol. The average molecular weight is 935 g/mol. The number of ether oxygens (including phenoxy) is 2. The summed E-state index contributed by atoms with van der Waals surface area (Å²) < 4.78 is 11.3. The van der Waals surface area contributed by atoms with E-state index in [1.54, 1.807) is 24.3 Å². The number of non-ortho nitro benzene ring substituents is 2. The highest BCUT2D eigenvalue weighted by Gasteiger charge is 2.15. The number of nitrogens with zero attached hydrogens (tertiary/aromatic N) is 9. The summed E-state index contributed by atoms with van der Waals surface area (Å²) in [6.07, 6.45) is 7.20. The molecule has 0 unspecified atom stereocenters. The molecule has 0 amide bonds. The van der Waals surface area contributed by atoms with Gasteiger partial charge in [-0.3, -0.25) is 29.8 Å². The van der Waals surface area contributed by atoms with Crippen molar-refractivity contribution in [2.45, 2.75) is 72.1 Å². The number of hydrogen-bond acceptors (Lipinski definition) is 15. The van der Waals surface area contributed by atoms with E-state index in [9.17, 15) is 29.8 Å². The molecule has 0 atom stereocenters. The fraction of sp³-hybridized carbons (Fsp3) is 0.435. The quantitative estimate of drug-likeness (QED) is 0.0165. The van der Waals surface area contributed by atoms with Gasteiger partial charge in [0.2, 0.25) is 0 Å². The predicted octanol–water partition coefficient (Wildman–Crippen LogP) is 12.5. The van der Waals surface area contributed by atoms with Gasteiger partial charge in [-0.2, -0.15) is 10.2 Å². The lowest BCUT2D eigenvalue weighted by atomic mass is 10.1. The van der Waals surface area contributed by atoms with Crippen LogP contribution in [-0.2, 0) is 19.1 Å². The van der Waals surface area contributed by atoms with E-state index in [4.69, 9.17) is 32.7 Å². The minimum atomic E-state index is -0.527. The van der Waals surface area contributed by atoms with Crippen LogP contribution in [0.1, 0.15) is 72.1 Å². The number of unbranched alkanes of at least 4 members (excludes halogenated alkanes) is 5. The summed E-state index contributed by atoms with van der Waals surface area (Å²) in [6.45, 7) is 10.7. The molecule has 0 aliphatic heterocycles. The molecule has 0 spiro atoms. The summed E-state index contributed by atoms with van der Waals surface area (Å²) >= 11 is 12.3. The average Bonchev–Trinajstić information content (AvgIpc) is 3.30. The molecular formula is C46H57Cl2N9O8. The van der Waals surface area contributed by atoms with Crippen molar-refractivity contribution >= 4 is 80.6 Å². The number of nitro groups is 2. The molecule has 0 aliphatic rings. The van der Waals surface area contributed by atoms with Crippen LogP contribution in [0.5, 0.6) is 0 Å². The van der Waals surface area contributed by atoms with Crippen molar-refractivity contribution < 1.29 is 28.9 Å². The van der Waals surface area contributed by atoms with Crippen LogP contribution < -0.4 is 9.80 Å². The van der Waals surface area contributed by atoms with Crippen LogP contribution in [0.25, 0.3) is 0 Å². The molecule has 0 N–H and O–H groups in total. The zero-order chi connectivity index (χ0) is 47.0. The van der Waals surface area contributed by atoms with Crippen LogP contribution in [-0.4, -0.2) is 85.7 Å². The normalized spacial score (nSPS) is 11.4. The summed E-state index contributed by atoms with van der Waals surface area (Å²) in [4.78, 5) is 53.0. The maximum Gasteiger partial charge on any atom is 0.307 e. The van der Waals surface area contributed by atoms with Crippen LogP contribution in [0, 0.1) is 20.2 Å². The zero-order valence-electron chi connectivity index (χ0n) is 37.2. The number of esters is 2. The third-order valence-corrected chi connectivity index (χ3v) is 11.0. The standard InChI is InChI=1S/C46H57Cl2N9O8/c1-4-7-8-9-10-11-26-53(27-24-45(58)64-31-29-54(5-2)37-16-12-35(13-17-37)49-51-43-22-20-39(56(60)61)33-41(43)47)28-25-46(59)65-32-30-55(6-3)38-18-14-36(15-19-38)50-52-44-23-21-40(57(62)63)34-42(44)48/h12-23,33-34H,4-11,24-32H2,1-3H3. The lowest BCUT2D eigenvalue weighted by Crippen LogP contribution is -2.32. The number of hydrogen-bond donors (Lipinski definition) is 0. The molecule has 348 valence electrons. The summed E-state index contributed by atoms with van der Waals surface area (Å²) in [5.41, 5.74) is 3.36. The highest BCUT2D eigenvalue weighted by molar-refractivity contribution is 6.33. The van der Waals surface area contributed by atoms with Crippen molar-refractivity contribution in [2.75, 3.05) is 68.8 Å². The van der Waals surface area contributed by atoms with Crippen LogP contribution >= 0.6 is 23.2 Å². The van der Waals surface area contributed by atoms with Crippen LogP contribution in [0.4, 0.5) is 45.5 Å². The van der Waals surface area contributed by atoms with Gasteiger partial charge in [0.15, 0.2) is 0 Å². The molecule has 0 aromatic heterocycles. The van der Waals surface area contributed by atoms with Crippen molar-refractivity contribution in [3.63, 3.8) is 0 Å². The van der Waals surface area contributed by atoms with E-state index >= 15 is 0 Å². The molecular weight excluding hydrogens is 877 g/mol. The van der Waals surface area contributed by atoms with Crippen molar-refractivity contribution in [2.24, 2.45) is 20.5 Å². The zero-order valence-corrected chi connectivity index (χ0v) is 38.7. The Labute approximate surface area is 389 Å². The molecule has 4 rings (SSSR count). The molecule has 0 saturated heterocycles. The molecule has 4 aromatic rings. The highest BCUT2D eigenvalue weighted by Crippen LogP contribution is 2.32. The van der Waals surface area contributed by atoms with E-state index in [0.29, 0.717) is 62.0 Å². The first-order chi connectivity index (χ1) is 31.4. The third kappa shape index (κ3) is 18.2. The van der Waals surface area contributed by atoms with E-state index in [1.807, 2.05) is 38.1 Å². The van der Waals surface area contributed by atoms with Gasteiger partial charge in [-0.1, -0.05) is 62.2 Å². The lowest BCUT2D eigenvalue weighted by molar-refractivity contribution is -0.385. The lowest BCUT2D eigenvalue weighted by Gasteiger charge is -2.24. The maximum atomic E-state index is 12.9. The van der Waals surface area contributed by atoms with Crippen LogP contribution in [0.2, 0.25) is 10.0 Å². The number of likely N-dealkylation sites (N-methyl/N-ethyl adjacent to an activating group) is 2. The van der Waals surface area contributed by atoms with Crippen molar-refractivity contribution in [1.82, 2.24) is 4.90 Å². The summed E-state index contributed by atoms with van der Waals surface area (Å²) in [7, 11) is 0. The minimum absolute atomic E-state index is 0.127. The maximum absolute atomic E-state index is 12.9. The Morgan fingerprint density at radius 1 is 0.554 bits per heavy atom. The summed E-state index contributed by atoms with van der Waals surface area (Å²) in [5.74, 6) is -0.608. The number of anilines is 2. The first-order valence-electron chi connectivity index (χ1n) is 21.9. The van der Waals surface area contributed by atoms with Gasteiger partial charge in [0.25, 0.3) is 11.4 Å². The largest absolute Gasteiger partial charge is 0.464 e. The van der Waals surface area contributed by atoms with Crippen molar-refractivity contribution in [3.05, 3.63) is 115 Å². The fourth-order valence-corrected chi connectivity index (χ4v) is 7.06. The second-order valence-corrected chi connectivity index (χ2v) is 15.7. The number of carbonyl (C=O) groups is 2. The molecule has 0 saturated carbocycles. The molecule has 17 nitrogen and oxygen atoms in total. The molecule has 0 heterocycles. The highest BCUT2D eigenvalue weighted by atomic mass is 35.5. The molecule has 0 bridgehead atoms. The summed E-state index contributed by atoms with van der Waals surface area (Å²) in [5, 5.41) is 38.9. The van der Waals surface area contributed by atoms with E-state index in [0.717, 1.165) is 37.2 Å². The Balaban J connectivity index is 1.20. The van der Waals surface area contributed by atoms with Gasteiger partial charge in [-0.15, -0.1) is 10.2 Å². The van der Waals surface area contributed by atoms with Gasteiger partial charge in [0.05, 0.1) is 57.2 Å². The Morgan fingerprint density at radius 3 is 1.35 bits per heavy atom. The number of azo groups is 2. The number of halogens is 2. The summed E-state index contributed by atoms with van der Waals surface area (Å²) in [6, 6.07) is 22.7. The second-order valence-electron chi connectivity index (χ2n) is 14.9. The van der Waals surface area contributed by atoms with Gasteiger partial charge < -0.3 is 24.2 Å². The SMILES string of the molecule is CCCCCCCCN(CCC(=O)OCCN(CC)c1ccc(N=Nc2ccc([N+](=O)[O-])cc2Cl)cc1)CCC(=O)OCCN(CC)c1ccc(N=Nc2ccc([N+](=O)[O-])cc2Cl)cc1.